The normalized spacial score (nSPS) is 42.1. The van der Waals surface area contributed by atoms with Crippen molar-refractivity contribution in [1.29, 1.82) is 0 Å². The van der Waals surface area contributed by atoms with Gasteiger partial charge in [-0.05, 0) is 79.5 Å². The zero-order chi connectivity index (χ0) is 14.0. The summed E-state index contributed by atoms with van der Waals surface area (Å²) in [7, 11) is 0. The minimum absolute atomic E-state index is 0.0162. The summed E-state index contributed by atoms with van der Waals surface area (Å²) in [6.45, 7) is 1.88. The van der Waals surface area contributed by atoms with Gasteiger partial charge >= 0.3 is 0 Å². The average molecular weight is 295 g/mol. The number of tetrazole rings is 1. The number of nitrogens with zero attached hydrogens (tertiary/aromatic N) is 4. The van der Waals surface area contributed by atoms with E-state index in [9.17, 15) is 4.79 Å². The van der Waals surface area contributed by atoms with Crippen molar-refractivity contribution in [1.82, 2.24) is 20.2 Å². The lowest BCUT2D eigenvalue weighted by atomic mass is 9.46. The van der Waals surface area contributed by atoms with E-state index in [0.29, 0.717) is 18.3 Å². The molecule has 1 heterocycles. The molecule has 4 aliphatic carbocycles. The van der Waals surface area contributed by atoms with Crippen LogP contribution in [0.1, 0.15) is 50.8 Å². The first-order valence-corrected chi connectivity index (χ1v) is 7.82. The summed E-state index contributed by atoms with van der Waals surface area (Å²) in [5.74, 6) is 2.11. The van der Waals surface area contributed by atoms with Gasteiger partial charge in [0.1, 0.15) is 0 Å². The maximum absolute atomic E-state index is 11.5. The van der Waals surface area contributed by atoms with E-state index in [1.54, 1.807) is 0 Å². The van der Waals surface area contributed by atoms with Crippen molar-refractivity contribution in [2.75, 3.05) is 0 Å². The van der Waals surface area contributed by atoms with Crippen molar-refractivity contribution < 1.29 is 4.79 Å². The van der Waals surface area contributed by atoms with Crippen LogP contribution in [-0.4, -0.2) is 25.4 Å². The van der Waals surface area contributed by atoms with Crippen molar-refractivity contribution in [3.05, 3.63) is 5.82 Å². The van der Waals surface area contributed by atoms with Gasteiger partial charge in [-0.2, -0.15) is 4.80 Å². The summed E-state index contributed by atoms with van der Waals surface area (Å²) in [4.78, 5) is 13.3. The molecular formula is C14H19ClN4O. The van der Waals surface area contributed by atoms with Gasteiger partial charge in [-0.3, -0.25) is 4.79 Å². The highest BCUT2D eigenvalue weighted by atomic mass is 35.5. The predicted molar refractivity (Wildman–Crippen MR) is 73.1 cm³/mol. The van der Waals surface area contributed by atoms with Crippen molar-refractivity contribution in [3.8, 4) is 0 Å². The molecule has 4 saturated carbocycles. The Morgan fingerprint density at radius 1 is 1.35 bits per heavy atom. The van der Waals surface area contributed by atoms with E-state index in [4.69, 9.17) is 11.6 Å². The second kappa shape index (κ2) is 4.03. The smallest absolute Gasteiger partial charge is 0.222 e. The summed E-state index contributed by atoms with van der Waals surface area (Å²) < 4.78 is 0. The second-order valence-corrected chi connectivity index (χ2v) is 7.76. The average Bonchev–Trinajstić information content (AvgIpc) is 2.72. The fraction of sp³-hybridized carbons (Fsp3) is 0.857. The molecule has 0 radical (unpaired) electrons. The minimum atomic E-state index is -0.190. The highest BCUT2D eigenvalue weighted by Gasteiger charge is 2.59. The Kier molecular flexibility index (Phi) is 2.57. The molecule has 0 N–H and O–H groups in total. The van der Waals surface area contributed by atoms with Crippen LogP contribution in [0.3, 0.4) is 0 Å². The lowest BCUT2D eigenvalue weighted by Crippen LogP contribution is -2.57. The Labute approximate surface area is 123 Å². The molecule has 2 unspecified atom stereocenters. The molecule has 0 aliphatic heterocycles. The van der Waals surface area contributed by atoms with Gasteiger partial charge in [0.25, 0.3) is 0 Å². The van der Waals surface area contributed by atoms with E-state index in [1.165, 1.54) is 6.42 Å². The number of carbonyl (C=O) groups excluding carboxylic acids is 1. The molecule has 108 valence electrons. The highest BCUT2D eigenvalue weighted by Crippen LogP contribution is 2.65. The lowest BCUT2D eigenvalue weighted by molar-refractivity contribution is -0.132. The topological polar surface area (TPSA) is 60.7 Å². The molecule has 5 rings (SSSR count). The Hall–Kier alpha value is -0.970. The van der Waals surface area contributed by atoms with Crippen molar-refractivity contribution in [2.24, 2.45) is 17.3 Å². The zero-order valence-corrected chi connectivity index (χ0v) is 12.4. The Bertz CT molecular complexity index is 555. The third-order valence-electron chi connectivity index (χ3n) is 5.60. The van der Waals surface area contributed by atoms with Gasteiger partial charge in [0.05, 0.1) is 5.54 Å². The number of aromatic nitrogens is 4. The highest BCUT2D eigenvalue weighted by molar-refractivity contribution is 6.63. The lowest BCUT2D eigenvalue weighted by Gasteiger charge is -2.61. The molecule has 20 heavy (non-hydrogen) atoms. The van der Waals surface area contributed by atoms with Gasteiger partial charge in [0.2, 0.25) is 5.24 Å². The van der Waals surface area contributed by atoms with Crippen LogP contribution in [0.15, 0.2) is 0 Å². The Morgan fingerprint density at radius 3 is 2.60 bits per heavy atom. The molecule has 0 spiro atoms. The quantitative estimate of drug-likeness (QED) is 0.803. The monoisotopic (exact) mass is 294 g/mol. The van der Waals surface area contributed by atoms with Crippen molar-refractivity contribution >= 4 is 16.8 Å². The third kappa shape index (κ3) is 1.82. The summed E-state index contributed by atoms with van der Waals surface area (Å²) in [5.41, 5.74) is 0.0716. The van der Waals surface area contributed by atoms with Crippen molar-refractivity contribution in [2.45, 2.75) is 57.4 Å². The van der Waals surface area contributed by atoms with Gasteiger partial charge in [-0.25, -0.2) is 0 Å². The van der Waals surface area contributed by atoms with E-state index >= 15 is 0 Å². The molecule has 4 aliphatic rings. The molecule has 4 bridgehead atoms. The maximum atomic E-state index is 11.5. The maximum Gasteiger partial charge on any atom is 0.222 e. The molecule has 0 aromatic carbocycles. The van der Waals surface area contributed by atoms with Gasteiger partial charge in [0.15, 0.2) is 5.82 Å². The number of halogens is 1. The van der Waals surface area contributed by atoms with Gasteiger partial charge in [-0.15, -0.1) is 10.2 Å². The van der Waals surface area contributed by atoms with Gasteiger partial charge < -0.3 is 0 Å². The first-order chi connectivity index (χ1) is 9.49. The molecule has 0 saturated heterocycles. The molecule has 4 atom stereocenters. The predicted octanol–water partition coefficient (Wildman–Crippen LogP) is 2.43. The van der Waals surface area contributed by atoms with E-state index in [-0.39, 0.29) is 16.2 Å². The first kappa shape index (κ1) is 12.7. The van der Waals surface area contributed by atoms with E-state index in [1.807, 2.05) is 11.7 Å². The molecule has 6 heteroatoms. The number of hydrogen-bond donors (Lipinski definition) is 0. The fourth-order valence-electron chi connectivity index (χ4n) is 5.62. The Balaban J connectivity index is 1.73. The molecule has 0 amide bonds. The number of rotatable bonds is 3. The zero-order valence-electron chi connectivity index (χ0n) is 11.7. The molecule has 1 aromatic rings. The van der Waals surface area contributed by atoms with Crippen LogP contribution in [0.4, 0.5) is 0 Å². The second-order valence-electron chi connectivity index (χ2n) is 7.34. The van der Waals surface area contributed by atoms with Crippen LogP contribution in [-0.2, 0) is 10.3 Å². The molecule has 5 nitrogen and oxygen atoms in total. The Morgan fingerprint density at radius 2 is 2.05 bits per heavy atom. The summed E-state index contributed by atoms with van der Waals surface area (Å²) in [6, 6.07) is 0. The van der Waals surface area contributed by atoms with Crippen LogP contribution < -0.4 is 0 Å². The first-order valence-electron chi connectivity index (χ1n) is 7.44. The van der Waals surface area contributed by atoms with Crippen LogP contribution in [0, 0.1) is 24.2 Å². The third-order valence-corrected chi connectivity index (χ3v) is 5.74. The van der Waals surface area contributed by atoms with Gasteiger partial charge in [-0.1, -0.05) is 0 Å². The van der Waals surface area contributed by atoms with E-state index in [2.05, 4.69) is 15.4 Å². The molecule has 1 aromatic heterocycles. The number of carbonyl (C=O) groups is 1. The SMILES string of the molecule is Cc1nnn(C23C[C@@H]4C[C@@H](CC(CC(=O)Cl)(C4)C2)C3)n1. The number of aryl methyl sites for hydroxylation is 1. The van der Waals surface area contributed by atoms with Gasteiger partial charge in [0, 0.05) is 6.42 Å². The summed E-state index contributed by atoms with van der Waals surface area (Å²) >= 11 is 5.72. The van der Waals surface area contributed by atoms with Crippen LogP contribution in [0.5, 0.6) is 0 Å². The summed E-state index contributed by atoms with van der Waals surface area (Å²) in [5, 5.41) is 12.6. The molecule has 4 fully saturated rings. The van der Waals surface area contributed by atoms with Crippen LogP contribution in [0.2, 0.25) is 0 Å². The number of hydrogen-bond acceptors (Lipinski definition) is 4. The minimum Gasteiger partial charge on any atom is -0.281 e. The fourth-order valence-corrected chi connectivity index (χ4v) is 5.91. The van der Waals surface area contributed by atoms with E-state index in [0.717, 1.165) is 37.9 Å². The largest absolute Gasteiger partial charge is 0.281 e. The summed E-state index contributed by atoms with van der Waals surface area (Å²) in [6.07, 6.45) is 7.37. The molecular weight excluding hydrogens is 276 g/mol. The standard InChI is InChI=1S/C14H19ClN4O/c1-9-16-18-19(17-9)14-5-10-2-11(6-14)4-13(3-10,8-14)7-12(15)20/h10-11H,2-8H2,1H3/t10-,11+,13?,14?. The van der Waals surface area contributed by atoms with Crippen molar-refractivity contribution in [3.63, 3.8) is 0 Å². The van der Waals surface area contributed by atoms with E-state index < -0.39 is 0 Å². The van der Waals surface area contributed by atoms with Crippen LogP contribution >= 0.6 is 11.6 Å². The van der Waals surface area contributed by atoms with Crippen LogP contribution in [0.25, 0.3) is 0 Å².